The average Bonchev–Trinajstić information content (AvgIpc) is 2.71. The summed E-state index contributed by atoms with van der Waals surface area (Å²) in [5, 5.41) is 5.69. The molecule has 2 atom stereocenters. The van der Waals surface area contributed by atoms with Gasteiger partial charge in [0.25, 0.3) is 0 Å². The lowest BCUT2D eigenvalue weighted by Crippen LogP contribution is -2.17. The van der Waals surface area contributed by atoms with E-state index in [-0.39, 0.29) is 23.4 Å². The number of aromatic nitrogens is 3. The maximum Gasteiger partial charge on any atom is 0.309 e. The van der Waals surface area contributed by atoms with Crippen LogP contribution in [0.2, 0.25) is 0 Å². The van der Waals surface area contributed by atoms with E-state index < -0.39 is 0 Å². The second kappa shape index (κ2) is 4.25. The Hall–Kier alpha value is -1.17. The summed E-state index contributed by atoms with van der Waals surface area (Å²) in [6.07, 6.45) is 1.50. The molecule has 0 aromatic carbocycles. The SMILES string of the molecule is C[C@@H](C[C@H]1CC(C)(C)OC1=O)c1nc(=S)[nH][nH]1. The Kier molecular flexibility index (Phi) is 3.07. The molecular formula is C11H17N3O2S. The minimum atomic E-state index is -0.333. The maximum absolute atomic E-state index is 11.7. The highest BCUT2D eigenvalue weighted by Gasteiger charge is 2.40. The van der Waals surface area contributed by atoms with Crippen LogP contribution in [0.3, 0.4) is 0 Å². The van der Waals surface area contributed by atoms with Gasteiger partial charge in [-0.05, 0) is 38.9 Å². The molecule has 2 heterocycles. The van der Waals surface area contributed by atoms with Crippen molar-refractivity contribution in [3.05, 3.63) is 10.6 Å². The zero-order valence-electron chi connectivity index (χ0n) is 10.2. The van der Waals surface area contributed by atoms with Gasteiger partial charge in [-0.3, -0.25) is 15.0 Å². The summed E-state index contributed by atoms with van der Waals surface area (Å²) in [5.74, 6) is 0.816. The zero-order valence-corrected chi connectivity index (χ0v) is 11.1. The van der Waals surface area contributed by atoms with Gasteiger partial charge in [-0.2, -0.15) is 0 Å². The van der Waals surface area contributed by atoms with E-state index >= 15 is 0 Å². The molecule has 1 aromatic heterocycles. The fourth-order valence-corrected chi connectivity index (χ4v) is 2.46. The molecule has 1 aliphatic rings. The van der Waals surface area contributed by atoms with Gasteiger partial charge in [0.15, 0.2) is 0 Å². The van der Waals surface area contributed by atoms with E-state index in [9.17, 15) is 4.79 Å². The van der Waals surface area contributed by atoms with Gasteiger partial charge in [-0.1, -0.05) is 6.92 Å². The average molecular weight is 255 g/mol. The van der Waals surface area contributed by atoms with Crippen LogP contribution in [0.5, 0.6) is 0 Å². The third-order valence-corrected chi connectivity index (χ3v) is 3.27. The van der Waals surface area contributed by atoms with Crippen molar-refractivity contribution in [3.8, 4) is 0 Å². The molecule has 0 bridgehead atoms. The first-order valence-electron chi connectivity index (χ1n) is 5.75. The minimum absolute atomic E-state index is 0.0429. The fraction of sp³-hybridized carbons (Fsp3) is 0.727. The van der Waals surface area contributed by atoms with Gasteiger partial charge in [0.05, 0.1) is 5.92 Å². The number of rotatable bonds is 3. The van der Waals surface area contributed by atoms with E-state index in [0.29, 0.717) is 4.77 Å². The van der Waals surface area contributed by atoms with E-state index in [2.05, 4.69) is 15.2 Å². The first-order valence-corrected chi connectivity index (χ1v) is 6.15. The molecule has 5 nitrogen and oxygen atoms in total. The van der Waals surface area contributed by atoms with Crippen LogP contribution < -0.4 is 0 Å². The van der Waals surface area contributed by atoms with Crippen LogP contribution in [0.4, 0.5) is 0 Å². The Morgan fingerprint density at radius 2 is 2.29 bits per heavy atom. The molecule has 6 heteroatoms. The fourth-order valence-electron chi connectivity index (χ4n) is 2.31. The number of hydrogen-bond acceptors (Lipinski definition) is 4. The van der Waals surface area contributed by atoms with E-state index in [4.69, 9.17) is 17.0 Å². The number of esters is 1. The van der Waals surface area contributed by atoms with Crippen LogP contribution in [0, 0.1) is 10.7 Å². The highest BCUT2D eigenvalue weighted by Crippen LogP contribution is 2.35. The van der Waals surface area contributed by atoms with E-state index in [1.165, 1.54) is 0 Å². The second-order valence-electron chi connectivity index (χ2n) is 5.27. The summed E-state index contributed by atoms with van der Waals surface area (Å²) in [6.45, 7) is 5.91. The van der Waals surface area contributed by atoms with E-state index in [0.717, 1.165) is 18.7 Å². The Balaban J connectivity index is 2.02. The monoisotopic (exact) mass is 255 g/mol. The molecule has 0 spiro atoms. The third-order valence-electron chi connectivity index (χ3n) is 3.07. The predicted octanol–water partition coefficient (Wildman–Crippen LogP) is 2.30. The molecule has 1 fully saturated rings. The van der Waals surface area contributed by atoms with Gasteiger partial charge < -0.3 is 4.74 Å². The molecular weight excluding hydrogens is 238 g/mol. The van der Waals surface area contributed by atoms with Crippen LogP contribution in [0.1, 0.15) is 45.4 Å². The van der Waals surface area contributed by atoms with Gasteiger partial charge in [0.2, 0.25) is 4.77 Å². The molecule has 0 radical (unpaired) electrons. The van der Waals surface area contributed by atoms with E-state index in [1.54, 1.807) is 0 Å². The number of nitrogens with zero attached hydrogens (tertiary/aromatic N) is 1. The standard InChI is InChI=1S/C11H17N3O2S/c1-6(8-12-10(17)14-13-8)4-7-5-11(2,3)16-9(7)15/h6-7H,4-5H2,1-3H3,(H2,12,13,14,17)/t6-,7-/m0/s1. The number of carbonyl (C=O) groups is 1. The molecule has 2 rings (SSSR count). The topological polar surface area (TPSA) is 70.8 Å². The van der Waals surface area contributed by atoms with Crippen molar-refractivity contribution >= 4 is 18.2 Å². The molecule has 0 aliphatic carbocycles. The van der Waals surface area contributed by atoms with Crippen molar-refractivity contribution in [1.29, 1.82) is 0 Å². The normalized spacial score (nSPS) is 24.6. The van der Waals surface area contributed by atoms with Crippen molar-refractivity contribution in [2.75, 3.05) is 0 Å². The molecule has 0 unspecified atom stereocenters. The molecule has 0 saturated carbocycles. The van der Waals surface area contributed by atoms with Crippen LogP contribution in [0.15, 0.2) is 0 Å². The van der Waals surface area contributed by atoms with Crippen molar-refractivity contribution in [3.63, 3.8) is 0 Å². The molecule has 1 aromatic rings. The summed E-state index contributed by atoms with van der Waals surface area (Å²) in [5.41, 5.74) is -0.333. The predicted molar refractivity (Wildman–Crippen MR) is 65.1 cm³/mol. The molecule has 1 saturated heterocycles. The van der Waals surface area contributed by atoms with Gasteiger partial charge in [-0.15, -0.1) is 0 Å². The van der Waals surface area contributed by atoms with Crippen molar-refractivity contribution in [1.82, 2.24) is 15.2 Å². The molecule has 17 heavy (non-hydrogen) atoms. The van der Waals surface area contributed by atoms with Gasteiger partial charge in [-0.25, -0.2) is 4.98 Å². The number of nitrogens with one attached hydrogen (secondary N) is 2. The second-order valence-corrected chi connectivity index (χ2v) is 5.66. The summed E-state index contributed by atoms with van der Waals surface area (Å²) in [6, 6.07) is 0. The van der Waals surface area contributed by atoms with E-state index in [1.807, 2.05) is 20.8 Å². The quantitative estimate of drug-likeness (QED) is 0.642. The van der Waals surface area contributed by atoms with Crippen molar-refractivity contribution in [2.24, 2.45) is 5.92 Å². The van der Waals surface area contributed by atoms with Crippen molar-refractivity contribution < 1.29 is 9.53 Å². The first kappa shape index (κ1) is 12.3. The summed E-state index contributed by atoms with van der Waals surface area (Å²) in [4.78, 5) is 15.8. The molecule has 1 aliphatic heterocycles. The first-order chi connectivity index (χ1) is 7.87. The van der Waals surface area contributed by atoms with Gasteiger partial charge in [0.1, 0.15) is 11.4 Å². The molecule has 0 amide bonds. The number of ether oxygens (including phenoxy) is 1. The number of carbonyl (C=O) groups excluding carboxylic acids is 1. The lowest BCUT2D eigenvalue weighted by Gasteiger charge is -2.15. The highest BCUT2D eigenvalue weighted by molar-refractivity contribution is 7.71. The minimum Gasteiger partial charge on any atom is -0.459 e. The smallest absolute Gasteiger partial charge is 0.309 e. The van der Waals surface area contributed by atoms with Crippen LogP contribution >= 0.6 is 12.2 Å². The maximum atomic E-state index is 11.7. The summed E-state index contributed by atoms with van der Waals surface area (Å²) in [7, 11) is 0. The Bertz CT molecular complexity index is 477. The van der Waals surface area contributed by atoms with Crippen LogP contribution in [-0.4, -0.2) is 26.8 Å². The Labute approximate surface area is 105 Å². The van der Waals surface area contributed by atoms with Crippen molar-refractivity contribution in [2.45, 2.75) is 45.1 Å². The number of H-pyrrole nitrogens is 2. The summed E-state index contributed by atoms with van der Waals surface area (Å²) >= 11 is 4.90. The zero-order chi connectivity index (χ0) is 12.6. The third kappa shape index (κ3) is 2.74. The summed E-state index contributed by atoms with van der Waals surface area (Å²) < 4.78 is 5.75. The highest BCUT2D eigenvalue weighted by atomic mass is 32.1. The lowest BCUT2D eigenvalue weighted by atomic mass is 9.89. The van der Waals surface area contributed by atoms with Gasteiger partial charge >= 0.3 is 5.97 Å². The molecule has 94 valence electrons. The lowest BCUT2D eigenvalue weighted by molar-refractivity contribution is -0.148. The van der Waals surface area contributed by atoms with Crippen LogP contribution in [-0.2, 0) is 9.53 Å². The van der Waals surface area contributed by atoms with Gasteiger partial charge in [0, 0.05) is 5.92 Å². The largest absolute Gasteiger partial charge is 0.459 e. The Morgan fingerprint density at radius 3 is 2.76 bits per heavy atom. The number of cyclic esters (lactones) is 1. The molecule has 2 N–H and O–H groups in total. The van der Waals surface area contributed by atoms with Crippen LogP contribution in [0.25, 0.3) is 0 Å². The number of hydrogen-bond donors (Lipinski definition) is 2. The Morgan fingerprint density at radius 1 is 1.59 bits per heavy atom. The number of aromatic amines is 2.